The summed E-state index contributed by atoms with van der Waals surface area (Å²) in [6.07, 6.45) is 49.6. The number of allylic oxidation sites excluding steroid dienone is 2. The molecule has 0 aromatic heterocycles. The van der Waals surface area contributed by atoms with E-state index in [4.69, 9.17) is 4.74 Å². The first-order chi connectivity index (χ1) is 23.6. The number of aliphatic carboxylic acids is 1. The van der Waals surface area contributed by atoms with Crippen molar-refractivity contribution >= 4 is 11.9 Å². The van der Waals surface area contributed by atoms with Crippen LogP contribution in [0.3, 0.4) is 0 Å². The van der Waals surface area contributed by atoms with E-state index in [1.165, 1.54) is 193 Å². The first kappa shape index (κ1) is 46.7. The fourth-order valence-electron chi connectivity index (χ4n) is 6.79. The molecule has 0 spiro atoms. The van der Waals surface area contributed by atoms with E-state index < -0.39 is 12.1 Å². The Kier molecular flexibility index (Phi) is 39.0. The van der Waals surface area contributed by atoms with E-state index in [1.54, 1.807) is 0 Å². The fourth-order valence-corrected chi connectivity index (χ4v) is 6.79. The van der Waals surface area contributed by atoms with Crippen molar-refractivity contribution in [2.45, 2.75) is 258 Å². The number of carboxylic acid groups (broad SMARTS) is 1. The van der Waals surface area contributed by atoms with Gasteiger partial charge in [-0.25, -0.2) is 0 Å². The third-order valence-electron chi connectivity index (χ3n) is 9.97. The van der Waals surface area contributed by atoms with Crippen LogP contribution >= 0.6 is 0 Å². The first-order valence-electron chi connectivity index (χ1n) is 21.7. The lowest BCUT2D eigenvalue weighted by Gasteiger charge is -2.16. The highest BCUT2D eigenvalue weighted by molar-refractivity contribution is 5.71. The lowest BCUT2D eigenvalue weighted by molar-refractivity contribution is -0.153. The molecule has 284 valence electrons. The van der Waals surface area contributed by atoms with Gasteiger partial charge in [0.1, 0.15) is 6.10 Å². The average molecular weight is 677 g/mol. The van der Waals surface area contributed by atoms with Gasteiger partial charge in [-0.15, -0.1) is 0 Å². The summed E-state index contributed by atoms with van der Waals surface area (Å²) in [7, 11) is 0. The molecule has 0 aromatic rings. The van der Waals surface area contributed by atoms with Crippen LogP contribution in [-0.4, -0.2) is 23.1 Å². The number of carbonyl (C=O) groups excluding carboxylic acids is 1. The molecule has 0 bridgehead atoms. The maximum Gasteiger partial charge on any atom is 0.307 e. The summed E-state index contributed by atoms with van der Waals surface area (Å²) in [6, 6.07) is 0. The van der Waals surface area contributed by atoms with Crippen molar-refractivity contribution in [2.24, 2.45) is 0 Å². The molecule has 0 saturated heterocycles. The maximum absolute atomic E-state index is 12.4. The largest absolute Gasteiger partial charge is 0.481 e. The standard InChI is InChI=1S/C44H84O4/c1-3-5-7-9-11-13-15-17-19-21-22-24-25-27-29-31-33-35-37-39-42(41-43(45)46)48-44(47)40-38-36-34-32-30-28-26-23-20-18-16-14-12-10-8-6-4-2/h18,20,42H,3-17,19,21-41H2,1-2H3,(H,45,46)/b20-18-. The van der Waals surface area contributed by atoms with Gasteiger partial charge in [0.2, 0.25) is 0 Å². The summed E-state index contributed by atoms with van der Waals surface area (Å²) >= 11 is 0. The molecular formula is C44H84O4. The Labute approximate surface area is 300 Å². The highest BCUT2D eigenvalue weighted by Crippen LogP contribution is 2.18. The maximum atomic E-state index is 12.4. The Bertz CT molecular complexity index is 687. The fraction of sp³-hybridized carbons (Fsp3) is 0.909. The van der Waals surface area contributed by atoms with E-state index in [1.807, 2.05) is 0 Å². The molecule has 1 atom stereocenters. The van der Waals surface area contributed by atoms with Gasteiger partial charge in [0.25, 0.3) is 0 Å². The second-order valence-corrected chi connectivity index (χ2v) is 14.9. The van der Waals surface area contributed by atoms with Gasteiger partial charge in [-0.3, -0.25) is 9.59 Å². The van der Waals surface area contributed by atoms with Crippen LogP contribution in [0.2, 0.25) is 0 Å². The van der Waals surface area contributed by atoms with E-state index in [2.05, 4.69) is 26.0 Å². The van der Waals surface area contributed by atoms with E-state index in [0.29, 0.717) is 12.8 Å². The van der Waals surface area contributed by atoms with Crippen LogP contribution in [0.25, 0.3) is 0 Å². The van der Waals surface area contributed by atoms with Crippen LogP contribution in [0.1, 0.15) is 251 Å². The topological polar surface area (TPSA) is 63.6 Å². The molecule has 0 aliphatic rings. The molecule has 0 aliphatic heterocycles. The Hall–Kier alpha value is -1.32. The van der Waals surface area contributed by atoms with Gasteiger partial charge >= 0.3 is 11.9 Å². The predicted octanol–water partition coefficient (Wildman–Crippen LogP) is 15.0. The van der Waals surface area contributed by atoms with Gasteiger partial charge in [0.05, 0.1) is 6.42 Å². The first-order valence-corrected chi connectivity index (χ1v) is 21.7. The van der Waals surface area contributed by atoms with Crippen molar-refractivity contribution in [3.63, 3.8) is 0 Å². The van der Waals surface area contributed by atoms with E-state index in [-0.39, 0.29) is 12.4 Å². The molecule has 0 fully saturated rings. The highest BCUT2D eigenvalue weighted by Gasteiger charge is 2.17. The van der Waals surface area contributed by atoms with Crippen LogP contribution in [0.4, 0.5) is 0 Å². The molecule has 1 unspecified atom stereocenters. The summed E-state index contributed by atoms with van der Waals surface area (Å²) in [5.41, 5.74) is 0. The zero-order chi connectivity index (χ0) is 35.0. The van der Waals surface area contributed by atoms with Crippen LogP contribution in [-0.2, 0) is 14.3 Å². The quantitative estimate of drug-likeness (QED) is 0.0398. The summed E-state index contributed by atoms with van der Waals surface area (Å²) in [5.74, 6) is -1.09. The molecule has 0 rings (SSSR count). The highest BCUT2D eigenvalue weighted by atomic mass is 16.5. The summed E-state index contributed by atoms with van der Waals surface area (Å²) in [5, 5.41) is 9.29. The van der Waals surface area contributed by atoms with Crippen molar-refractivity contribution in [3.8, 4) is 0 Å². The van der Waals surface area contributed by atoms with Gasteiger partial charge in [0, 0.05) is 6.42 Å². The summed E-state index contributed by atoms with van der Waals surface area (Å²) < 4.78 is 5.60. The summed E-state index contributed by atoms with van der Waals surface area (Å²) in [6.45, 7) is 4.56. The lowest BCUT2D eigenvalue weighted by Crippen LogP contribution is -2.21. The van der Waals surface area contributed by atoms with Gasteiger partial charge < -0.3 is 9.84 Å². The minimum atomic E-state index is -0.876. The third-order valence-corrected chi connectivity index (χ3v) is 9.97. The second kappa shape index (κ2) is 40.1. The van der Waals surface area contributed by atoms with Crippen molar-refractivity contribution in [1.82, 2.24) is 0 Å². The van der Waals surface area contributed by atoms with Crippen LogP contribution in [0.15, 0.2) is 12.2 Å². The molecule has 48 heavy (non-hydrogen) atoms. The molecule has 4 heteroatoms. The van der Waals surface area contributed by atoms with Crippen molar-refractivity contribution < 1.29 is 19.4 Å². The van der Waals surface area contributed by atoms with Crippen molar-refractivity contribution in [1.29, 1.82) is 0 Å². The molecule has 0 amide bonds. The second-order valence-electron chi connectivity index (χ2n) is 14.9. The average Bonchev–Trinajstić information content (AvgIpc) is 3.06. The van der Waals surface area contributed by atoms with Gasteiger partial charge in [-0.05, 0) is 44.9 Å². The van der Waals surface area contributed by atoms with E-state index in [0.717, 1.165) is 25.7 Å². The zero-order valence-corrected chi connectivity index (χ0v) is 32.6. The number of ether oxygens (including phenoxy) is 1. The molecule has 0 saturated carbocycles. The van der Waals surface area contributed by atoms with Gasteiger partial charge in [0.15, 0.2) is 0 Å². The Morgan fingerprint density at radius 1 is 0.458 bits per heavy atom. The zero-order valence-electron chi connectivity index (χ0n) is 32.6. The van der Waals surface area contributed by atoms with Crippen LogP contribution in [0.5, 0.6) is 0 Å². The third kappa shape index (κ3) is 39.1. The smallest absolute Gasteiger partial charge is 0.307 e. The molecule has 0 heterocycles. The molecule has 0 aromatic carbocycles. The predicted molar refractivity (Wildman–Crippen MR) is 209 cm³/mol. The number of hydrogen-bond acceptors (Lipinski definition) is 3. The SMILES string of the molecule is CCCCCCCC/C=C\CCCCCCCCCC(=O)OC(CCCCCCCCCCCCCCCCCCCCC)CC(=O)O. The molecule has 1 N–H and O–H groups in total. The monoisotopic (exact) mass is 677 g/mol. The molecule has 0 radical (unpaired) electrons. The van der Waals surface area contributed by atoms with E-state index in [9.17, 15) is 14.7 Å². The van der Waals surface area contributed by atoms with E-state index >= 15 is 0 Å². The number of unbranched alkanes of at least 4 members (excludes halogenated alkanes) is 31. The van der Waals surface area contributed by atoms with Gasteiger partial charge in [-0.1, -0.05) is 206 Å². The minimum absolute atomic E-state index is 0.0704. The molecular weight excluding hydrogens is 592 g/mol. The van der Waals surface area contributed by atoms with Crippen molar-refractivity contribution in [2.75, 3.05) is 0 Å². The van der Waals surface area contributed by atoms with Crippen molar-refractivity contribution in [3.05, 3.63) is 12.2 Å². The molecule has 4 nitrogen and oxygen atoms in total. The van der Waals surface area contributed by atoms with Crippen LogP contribution in [0, 0.1) is 0 Å². The normalized spacial score (nSPS) is 12.2. The van der Waals surface area contributed by atoms with Crippen LogP contribution < -0.4 is 0 Å². The Morgan fingerprint density at radius 2 is 0.771 bits per heavy atom. The minimum Gasteiger partial charge on any atom is -0.481 e. The Morgan fingerprint density at radius 3 is 1.12 bits per heavy atom. The number of rotatable bonds is 40. The van der Waals surface area contributed by atoms with Gasteiger partial charge in [-0.2, -0.15) is 0 Å². The number of hydrogen-bond donors (Lipinski definition) is 1. The number of esters is 1. The Balaban J connectivity index is 3.59. The number of carboxylic acids is 1. The number of carbonyl (C=O) groups is 2. The molecule has 0 aliphatic carbocycles. The lowest BCUT2D eigenvalue weighted by atomic mass is 10.0. The summed E-state index contributed by atoms with van der Waals surface area (Å²) in [4.78, 5) is 23.7.